The second-order valence-electron chi connectivity index (χ2n) is 5.93. The average molecular weight is 254 g/mol. The molecule has 0 atom stereocenters. The summed E-state index contributed by atoms with van der Waals surface area (Å²) in [5, 5.41) is 9.05. The van der Waals surface area contributed by atoms with Crippen molar-refractivity contribution in [3.05, 3.63) is 29.3 Å². The fraction of sp³-hybridized carbons (Fsp3) is 0.500. The molecule has 0 N–H and O–H groups in total. The van der Waals surface area contributed by atoms with Crippen LogP contribution in [0.3, 0.4) is 0 Å². The van der Waals surface area contributed by atoms with Gasteiger partial charge in [-0.1, -0.05) is 0 Å². The van der Waals surface area contributed by atoms with Gasteiger partial charge in [0, 0.05) is 24.3 Å². The zero-order chi connectivity index (χ0) is 13.5. The van der Waals surface area contributed by atoms with E-state index in [2.05, 4.69) is 11.0 Å². The van der Waals surface area contributed by atoms with Crippen molar-refractivity contribution in [2.45, 2.75) is 32.6 Å². The first-order valence-corrected chi connectivity index (χ1v) is 6.94. The molecule has 0 bridgehead atoms. The van der Waals surface area contributed by atoms with Gasteiger partial charge in [0.2, 0.25) is 0 Å². The van der Waals surface area contributed by atoms with E-state index in [-0.39, 0.29) is 5.78 Å². The number of benzene rings is 1. The topological polar surface area (TPSA) is 44.1 Å². The Morgan fingerprint density at radius 1 is 1.37 bits per heavy atom. The molecule has 1 saturated heterocycles. The predicted octanol–water partition coefficient (Wildman–Crippen LogP) is 3.14. The highest BCUT2D eigenvalue weighted by Gasteiger charge is 2.45. The van der Waals surface area contributed by atoms with Crippen molar-refractivity contribution in [1.82, 2.24) is 0 Å². The molecule has 1 aromatic rings. The van der Waals surface area contributed by atoms with Crippen LogP contribution in [0, 0.1) is 16.7 Å². The molecule has 3 heteroatoms. The highest BCUT2D eigenvalue weighted by Crippen LogP contribution is 2.52. The lowest BCUT2D eigenvalue weighted by Crippen LogP contribution is -2.37. The third-order valence-corrected chi connectivity index (χ3v) is 4.47. The third-order valence-electron chi connectivity index (χ3n) is 4.47. The molecule has 0 amide bonds. The maximum absolute atomic E-state index is 11.8. The Balaban J connectivity index is 1.97. The third kappa shape index (κ3) is 2.23. The predicted molar refractivity (Wildman–Crippen MR) is 74.3 cm³/mol. The first-order valence-electron chi connectivity index (χ1n) is 6.94. The zero-order valence-corrected chi connectivity index (χ0v) is 11.3. The van der Waals surface area contributed by atoms with E-state index >= 15 is 0 Å². The Hall–Kier alpha value is -1.82. The Kier molecular flexibility index (Phi) is 2.82. The maximum Gasteiger partial charge on any atom is 0.161 e. The van der Waals surface area contributed by atoms with Gasteiger partial charge < -0.3 is 4.90 Å². The SMILES string of the molecule is CC(=O)c1ccc(C#N)cc1N1CCCC2(CC2)C1. The number of anilines is 1. The lowest BCUT2D eigenvalue weighted by atomic mass is 9.93. The first-order chi connectivity index (χ1) is 9.13. The minimum atomic E-state index is 0.0786. The van der Waals surface area contributed by atoms with Gasteiger partial charge in [0.15, 0.2) is 5.78 Å². The minimum Gasteiger partial charge on any atom is -0.370 e. The number of nitrogens with zero attached hydrogens (tertiary/aromatic N) is 2. The maximum atomic E-state index is 11.8. The summed E-state index contributed by atoms with van der Waals surface area (Å²) in [5.41, 5.74) is 2.85. The quantitative estimate of drug-likeness (QED) is 0.761. The van der Waals surface area contributed by atoms with Crippen molar-refractivity contribution in [3.63, 3.8) is 0 Å². The van der Waals surface area contributed by atoms with Gasteiger partial charge in [0.1, 0.15) is 0 Å². The molecule has 1 aromatic carbocycles. The standard InChI is InChI=1S/C16H18N2O/c1-12(19)14-4-3-13(10-17)9-15(14)18-8-2-5-16(11-18)6-7-16/h3-4,9H,2,5-8,11H2,1H3. The van der Waals surface area contributed by atoms with E-state index < -0.39 is 0 Å². The van der Waals surface area contributed by atoms with Gasteiger partial charge in [-0.05, 0) is 56.2 Å². The second kappa shape index (κ2) is 4.38. The number of hydrogen-bond acceptors (Lipinski definition) is 3. The van der Waals surface area contributed by atoms with Gasteiger partial charge in [0.05, 0.1) is 11.6 Å². The number of Topliss-reactive ketones (excluding diaryl/α,β-unsaturated/α-hetero) is 1. The lowest BCUT2D eigenvalue weighted by Gasteiger charge is -2.35. The fourth-order valence-corrected chi connectivity index (χ4v) is 3.16. The molecule has 2 aliphatic rings. The molecule has 98 valence electrons. The molecular formula is C16H18N2O. The summed E-state index contributed by atoms with van der Waals surface area (Å²) in [4.78, 5) is 14.1. The summed E-state index contributed by atoms with van der Waals surface area (Å²) < 4.78 is 0. The molecule has 0 radical (unpaired) electrons. The summed E-state index contributed by atoms with van der Waals surface area (Å²) in [6, 6.07) is 7.57. The Morgan fingerprint density at radius 3 is 2.79 bits per heavy atom. The molecule has 1 spiro atoms. The van der Waals surface area contributed by atoms with E-state index in [0.717, 1.165) is 24.3 Å². The highest BCUT2D eigenvalue weighted by molar-refractivity contribution is 6.00. The molecule has 2 fully saturated rings. The van der Waals surface area contributed by atoms with Crippen LogP contribution in [0.1, 0.15) is 48.5 Å². The van der Waals surface area contributed by atoms with E-state index in [1.807, 2.05) is 6.07 Å². The van der Waals surface area contributed by atoms with Crippen LogP contribution in [-0.4, -0.2) is 18.9 Å². The lowest BCUT2D eigenvalue weighted by molar-refractivity contribution is 0.101. The summed E-state index contributed by atoms with van der Waals surface area (Å²) >= 11 is 0. The summed E-state index contributed by atoms with van der Waals surface area (Å²) in [6.07, 6.45) is 5.14. The van der Waals surface area contributed by atoms with Crippen LogP contribution < -0.4 is 4.90 Å². The molecule has 1 saturated carbocycles. The number of carbonyl (C=O) groups excluding carboxylic acids is 1. The number of hydrogen-bond donors (Lipinski definition) is 0. The van der Waals surface area contributed by atoms with Crippen LogP contribution in [0.5, 0.6) is 0 Å². The van der Waals surface area contributed by atoms with Crippen molar-refractivity contribution >= 4 is 11.5 Å². The van der Waals surface area contributed by atoms with E-state index in [4.69, 9.17) is 5.26 Å². The summed E-state index contributed by atoms with van der Waals surface area (Å²) in [6.45, 7) is 3.64. The molecule has 3 rings (SSSR count). The summed E-state index contributed by atoms with van der Waals surface area (Å²) in [5.74, 6) is 0.0786. The Bertz CT molecular complexity index is 567. The van der Waals surface area contributed by atoms with Crippen molar-refractivity contribution in [2.75, 3.05) is 18.0 Å². The largest absolute Gasteiger partial charge is 0.370 e. The summed E-state index contributed by atoms with van der Waals surface area (Å²) in [7, 11) is 0. The van der Waals surface area contributed by atoms with Gasteiger partial charge in [-0.25, -0.2) is 0 Å². The van der Waals surface area contributed by atoms with Gasteiger partial charge in [-0.3, -0.25) is 4.79 Å². The van der Waals surface area contributed by atoms with Crippen molar-refractivity contribution in [3.8, 4) is 6.07 Å². The van der Waals surface area contributed by atoms with Crippen molar-refractivity contribution in [1.29, 1.82) is 5.26 Å². The highest BCUT2D eigenvalue weighted by atomic mass is 16.1. The molecule has 19 heavy (non-hydrogen) atoms. The molecule has 3 nitrogen and oxygen atoms in total. The number of ketones is 1. The molecule has 1 aliphatic carbocycles. The van der Waals surface area contributed by atoms with E-state index in [0.29, 0.717) is 11.0 Å². The number of carbonyl (C=O) groups is 1. The van der Waals surface area contributed by atoms with Crippen molar-refractivity contribution < 1.29 is 4.79 Å². The van der Waals surface area contributed by atoms with Crippen LogP contribution in [0.25, 0.3) is 0 Å². The van der Waals surface area contributed by atoms with Crippen LogP contribution >= 0.6 is 0 Å². The van der Waals surface area contributed by atoms with E-state index in [1.54, 1.807) is 19.1 Å². The monoisotopic (exact) mass is 254 g/mol. The van der Waals surface area contributed by atoms with E-state index in [1.165, 1.54) is 25.7 Å². The van der Waals surface area contributed by atoms with Crippen LogP contribution in [0.15, 0.2) is 18.2 Å². The molecule has 1 aliphatic heterocycles. The smallest absolute Gasteiger partial charge is 0.161 e. The average Bonchev–Trinajstić information content (AvgIpc) is 3.17. The van der Waals surface area contributed by atoms with Crippen LogP contribution in [0.4, 0.5) is 5.69 Å². The van der Waals surface area contributed by atoms with Gasteiger partial charge >= 0.3 is 0 Å². The van der Waals surface area contributed by atoms with Gasteiger partial charge in [-0.2, -0.15) is 5.26 Å². The molecular weight excluding hydrogens is 236 g/mol. The fourth-order valence-electron chi connectivity index (χ4n) is 3.16. The molecule has 0 unspecified atom stereocenters. The number of nitriles is 1. The van der Waals surface area contributed by atoms with Gasteiger partial charge in [-0.15, -0.1) is 0 Å². The first kappa shape index (κ1) is 12.2. The number of rotatable bonds is 2. The van der Waals surface area contributed by atoms with E-state index in [9.17, 15) is 4.79 Å². The normalized spacial score (nSPS) is 20.1. The van der Waals surface area contributed by atoms with Crippen molar-refractivity contribution in [2.24, 2.45) is 5.41 Å². The Labute approximate surface area is 113 Å². The second-order valence-corrected chi connectivity index (χ2v) is 5.93. The molecule has 0 aromatic heterocycles. The number of piperidine rings is 1. The van der Waals surface area contributed by atoms with Crippen LogP contribution in [0.2, 0.25) is 0 Å². The Morgan fingerprint density at radius 2 is 2.16 bits per heavy atom. The minimum absolute atomic E-state index is 0.0786. The van der Waals surface area contributed by atoms with Gasteiger partial charge in [0.25, 0.3) is 0 Å². The zero-order valence-electron chi connectivity index (χ0n) is 11.3. The molecule has 1 heterocycles. The van der Waals surface area contributed by atoms with Crippen LogP contribution in [-0.2, 0) is 0 Å².